The summed E-state index contributed by atoms with van der Waals surface area (Å²) in [4.78, 5) is 8.03. The van der Waals surface area contributed by atoms with E-state index in [1.54, 1.807) is 6.20 Å². The lowest BCUT2D eigenvalue weighted by Gasteiger charge is -2.13. The van der Waals surface area contributed by atoms with Gasteiger partial charge in [-0.3, -0.25) is 0 Å². The van der Waals surface area contributed by atoms with Crippen molar-refractivity contribution >= 4 is 11.4 Å². The highest BCUT2D eigenvalue weighted by atomic mass is 16.5. The maximum Gasteiger partial charge on any atom is 0.123 e. The molecule has 0 fully saturated rings. The van der Waals surface area contributed by atoms with Crippen LogP contribution in [0.3, 0.4) is 0 Å². The van der Waals surface area contributed by atoms with Gasteiger partial charge in [0.15, 0.2) is 0 Å². The molecule has 2 rings (SSSR count). The predicted molar refractivity (Wildman–Crippen MR) is 76.0 cm³/mol. The summed E-state index contributed by atoms with van der Waals surface area (Å²) in [5.41, 5.74) is 8.36. The highest BCUT2D eigenvalue weighted by Gasteiger charge is 2.02. The van der Waals surface area contributed by atoms with E-state index in [-0.39, 0.29) is 6.10 Å². The maximum atomic E-state index is 5.86. The molecule has 100 valence electrons. The summed E-state index contributed by atoms with van der Waals surface area (Å²) in [6, 6.07) is 7.48. The normalized spacial score (nSPS) is 10.5. The monoisotopic (exact) mass is 258 g/mol. The van der Waals surface area contributed by atoms with Crippen molar-refractivity contribution in [2.24, 2.45) is 0 Å². The van der Waals surface area contributed by atoms with Gasteiger partial charge in [-0.2, -0.15) is 0 Å². The smallest absolute Gasteiger partial charge is 0.123 e. The molecule has 5 nitrogen and oxygen atoms in total. The van der Waals surface area contributed by atoms with Crippen LogP contribution in [0.2, 0.25) is 0 Å². The van der Waals surface area contributed by atoms with E-state index < -0.39 is 0 Å². The van der Waals surface area contributed by atoms with Gasteiger partial charge in [0.05, 0.1) is 18.3 Å². The van der Waals surface area contributed by atoms with Gasteiger partial charge in [-0.15, -0.1) is 0 Å². The van der Waals surface area contributed by atoms with Gasteiger partial charge in [0.1, 0.15) is 12.1 Å². The summed E-state index contributed by atoms with van der Waals surface area (Å²) in [5.74, 6) is 0.764. The van der Waals surface area contributed by atoms with Crippen LogP contribution in [0, 0.1) is 0 Å². The van der Waals surface area contributed by atoms with Crippen molar-refractivity contribution in [1.82, 2.24) is 9.97 Å². The minimum atomic E-state index is 0.122. The number of nitrogen functional groups attached to an aromatic ring is 1. The maximum absolute atomic E-state index is 5.86. The number of aromatic nitrogens is 2. The van der Waals surface area contributed by atoms with Crippen molar-refractivity contribution < 1.29 is 4.74 Å². The lowest BCUT2D eigenvalue weighted by molar-refractivity contribution is 0.242. The standard InChI is InChI=1S/C14H18N4O/c1-10(2)19-14-6-11(15)5-13(7-14)17-8-12-3-4-16-9-18-12/h3-7,9-10,17H,8,15H2,1-2H3. The molecule has 19 heavy (non-hydrogen) atoms. The van der Waals surface area contributed by atoms with Crippen LogP contribution in [-0.2, 0) is 6.54 Å². The van der Waals surface area contributed by atoms with Gasteiger partial charge >= 0.3 is 0 Å². The summed E-state index contributed by atoms with van der Waals surface area (Å²) < 4.78 is 5.64. The lowest BCUT2D eigenvalue weighted by Crippen LogP contribution is -2.07. The number of ether oxygens (including phenoxy) is 1. The molecule has 3 N–H and O–H groups in total. The van der Waals surface area contributed by atoms with E-state index >= 15 is 0 Å². The highest BCUT2D eigenvalue weighted by molar-refractivity contribution is 5.59. The van der Waals surface area contributed by atoms with Crippen molar-refractivity contribution in [3.8, 4) is 5.75 Å². The van der Waals surface area contributed by atoms with Crippen molar-refractivity contribution in [1.29, 1.82) is 0 Å². The van der Waals surface area contributed by atoms with Crippen LogP contribution in [0.15, 0.2) is 36.8 Å². The Labute approximate surface area is 112 Å². The van der Waals surface area contributed by atoms with Gasteiger partial charge in [0, 0.05) is 29.7 Å². The van der Waals surface area contributed by atoms with Gasteiger partial charge in [-0.1, -0.05) is 0 Å². The number of hydrogen-bond donors (Lipinski definition) is 2. The number of nitrogens with two attached hydrogens (primary N) is 1. The van der Waals surface area contributed by atoms with Crippen LogP contribution in [-0.4, -0.2) is 16.1 Å². The fourth-order valence-corrected chi connectivity index (χ4v) is 1.68. The average Bonchev–Trinajstić information content (AvgIpc) is 2.36. The highest BCUT2D eigenvalue weighted by Crippen LogP contribution is 2.23. The molecule has 1 heterocycles. The summed E-state index contributed by atoms with van der Waals surface area (Å²) >= 11 is 0. The van der Waals surface area contributed by atoms with Gasteiger partial charge in [0.25, 0.3) is 0 Å². The molecular weight excluding hydrogens is 240 g/mol. The number of nitrogens with one attached hydrogen (secondary N) is 1. The third kappa shape index (κ3) is 4.13. The molecule has 5 heteroatoms. The van der Waals surface area contributed by atoms with E-state index in [1.165, 1.54) is 6.33 Å². The molecule has 2 aromatic rings. The third-order valence-electron chi connectivity index (χ3n) is 2.42. The molecule has 1 aromatic carbocycles. The number of benzene rings is 1. The zero-order valence-corrected chi connectivity index (χ0v) is 11.1. The van der Waals surface area contributed by atoms with Crippen molar-refractivity contribution in [2.75, 3.05) is 11.1 Å². The SMILES string of the molecule is CC(C)Oc1cc(N)cc(NCc2ccncn2)c1. The summed E-state index contributed by atoms with van der Waals surface area (Å²) in [5, 5.41) is 3.27. The minimum absolute atomic E-state index is 0.122. The van der Waals surface area contributed by atoms with E-state index in [0.29, 0.717) is 12.2 Å². The van der Waals surface area contributed by atoms with E-state index in [2.05, 4.69) is 15.3 Å². The van der Waals surface area contributed by atoms with Crippen molar-refractivity contribution in [3.63, 3.8) is 0 Å². The number of nitrogens with zero attached hydrogens (tertiary/aromatic N) is 2. The Hall–Kier alpha value is -2.30. The number of rotatable bonds is 5. The van der Waals surface area contributed by atoms with Crippen LogP contribution >= 0.6 is 0 Å². The first-order valence-corrected chi connectivity index (χ1v) is 6.19. The van der Waals surface area contributed by atoms with Crippen LogP contribution in [0.5, 0.6) is 5.75 Å². The summed E-state index contributed by atoms with van der Waals surface area (Å²) in [6.07, 6.45) is 3.37. The van der Waals surface area contributed by atoms with E-state index in [9.17, 15) is 0 Å². The van der Waals surface area contributed by atoms with E-state index in [4.69, 9.17) is 10.5 Å². The Bertz CT molecular complexity index is 528. The molecule has 0 aliphatic carbocycles. The minimum Gasteiger partial charge on any atom is -0.491 e. The lowest BCUT2D eigenvalue weighted by atomic mass is 10.2. The zero-order valence-electron chi connectivity index (χ0n) is 11.1. The van der Waals surface area contributed by atoms with Crippen LogP contribution in [0.4, 0.5) is 11.4 Å². The fraction of sp³-hybridized carbons (Fsp3) is 0.286. The fourth-order valence-electron chi connectivity index (χ4n) is 1.68. The van der Waals surface area contributed by atoms with E-state index in [0.717, 1.165) is 17.1 Å². The topological polar surface area (TPSA) is 73.1 Å². The molecule has 0 atom stereocenters. The first kappa shape index (κ1) is 13.1. The van der Waals surface area contributed by atoms with Gasteiger partial charge < -0.3 is 15.8 Å². The number of anilines is 2. The first-order valence-electron chi connectivity index (χ1n) is 6.19. The van der Waals surface area contributed by atoms with Crippen LogP contribution in [0.1, 0.15) is 19.5 Å². The van der Waals surface area contributed by atoms with E-state index in [1.807, 2.05) is 38.1 Å². The Morgan fingerprint density at radius 3 is 2.84 bits per heavy atom. The van der Waals surface area contributed by atoms with Crippen molar-refractivity contribution in [3.05, 3.63) is 42.5 Å². The molecular formula is C14H18N4O. The summed E-state index contributed by atoms with van der Waals surface area (Å²) in [6.45, 7) is 4.58. The molecule has 0 amide bonds. The molecule has 0 aliphatic heterocycles. The third-order valence-corrected chi connectivity index (χ3v) is 2.42. The molecule has 0 aliphatic rings. The molecule has 0 radical (unpaired) electrons. The molecule has 0 spiro atoms. The Morgan fingerprint density at radius 2 is 2.16 bits per heavy atom. The Morgan fingerprint density at radius 1 is 1.32 bits per heavy atom. The predicted octanol–water partition coefficient (Wildman–Crippen LogP) is 2.46. The molecule has 0 saturated heterocycles. The van der Waals surface area contributed by atoms with Crippen molar-refractivity contribution in [2.45, 2.75) is 26.5 Å². The molecule has 0 bridgehead atoms. The zero-order chi connectivity index (χ0) is 13.7. The van der Waals surface area contributed by atoms with Gasteiger partial charge in [0.2, 0.25) is 0 Å². The van der Waals surface area contributed by atoms with Crippen LogP contribution in [0.25, 0.3) is 0 Å². The quantitative estimate of drug-likeness (QED) is 0.806. The largest absolute Gasteiger partial charge is 0.491 e. The second kappa shape index (κ2) is 6.04. The average molecular weight is 258 g/mol. The number of hydrogen-bond acceptors (Lipinski definition) is 5. The van der Waals surface area contributed by atoms with Crippen LogP contribution < -0.4 is 15.8 Å². The van der Waals surface area contributed by atoms with Gasteiger partial charge in [-0.05, 0) is 26.0 Å². The molecule has 0 unspecified atom stereocenters. The molecule has 0 saturated carbocycles. The second-order valence-electron chi connectivity index (χ2n) is 4.51. The summed E-state index contributed by atoms with van der Waals surface area (Å²) in [7, 11) is 0. The van der Waals surface area contributed by atoms with Gasteiger partial charge in [-0.25, -0.2) is 9.97 Å². The molecule has 1 aromatic heterocycles. The Balaban J connectivity index is 2.05. The Kier molecular flexibility index (Phi) is 4.18. The second-order valence-corrected chi connectivity index (χ2v) is 4.51. The first-order chi connectivity index (χ1) is 9.13.